The topological polar surface area (TPSA) is 104 Å². The van der Waals surface area contributed by atoms with Crippen LogP contribution in [0.1, 0.15) is 18.9 Å². The summed E-state index contributed by atoms with van der Waals surface area (Å²) in [7, 11) is 1.63. The number of hydrogen-bond donors (Lipinski definition) is 2. The fourth-order valence-corrected chi connectivity index (χ4v) is 2.27. The molecule has 0 heterocycles. The standard InChI is InChI=1S/C20H25N3O5/c1-3-26-19-13-15(14-22-23-20(21)24)5-10-18(19)28-12-4-11-27-17-8-6-16(25-2)7-9-17/h5-10,13-14H,3-4,11-12H2,1-2H3,(H3,21,23,24)/b22-14-. The van der Waals surface area contributed by atoms with Gasteiger partial charge in [0.1, 0.15) is 11.5 Å². The summed E-state index contributed by atoms with van der Waals surface area (Å²) < 4.78 is 22.2. The number of carbonyl (C=O) groups excluding carboxylic acids is 1. The van der Waals surface area contributed by atoms with Gasteiger partial charge in [0.05, 0.1) is 33.1 Å². The van der Waals surface area contributed by atoms with E-state index in [-0.39, 0.29) is 0 Å². The lowest BCUT2D eigenvalue weighted by atomic mass is 10.2. The minimum atomic E-state index is -0.724. The highest BCUT2D eigenvalue weighted by molar-refractivity contribution is 5.82. The number of urea groups is 1. The molecule has 0 radical (unpaired) electrons. The van der Waals surface area contributed by atoms with Gasteiger partial charge in [0.25, 0.3) is 0 Å². The summed E-state index contributed by atoms with van der Waals surface area (Å²) in [4.78, 5) is 10.6. The normalized spacial score (nSPS) is 10.5. The lowest BCUT2D eigenvalue weighted by Crippen LogP contribution is -2.24. The van der Waals surface area contributed by atoms with Crippen molar-refractivity contribution < 1.29 is 23.7 Å². The van der Waals surface area contributed by atoms with Crippen LogP contribution in [-0.4, -0.2) is 39.2 Å². The van der Waals surface area contributed by atoms with Crippen molar-refractivity contribution in [1.29, 1.82) is 0 Å². The van der Waals surface area contributed by atoms with Gasteiger partial charge < -0.3 is 24.7 Å². The smallest absolute Gasteiger partial charge is 0.332 e. The van der Waals surface area contributed by atoms with Crippen LogP contribution in [0.3, 0.4) is 0 Å². The van der Waals surface area contributed by atoms with Crippen LogP contribution < -0.4 is 30.1 Å². The second kappa shape index (κ2) is 11.3. The molecule has 2 amide bonds. The number of nitrogens with zero attached hydrogens (tertiary/aromatic N) is 1. The average Bonchev–Trinajstić information content (AvgIpc) is 2.69. The zero-order chi connectivity index (χ0) is 20.2. The molecule has 8 heteroatoms. The Kier molecular flexibility index (Phi) is 8.45. The number of amides is 2. The Morgan fingerprint density at radius 1 is 1.04 bits per heavy atom. The maximum absolute atomic E-state index is 10.6. The molecule has 150 valence electrons. The first-order valence-electron chi connectivity index (χ1n) is 8.87. The van der Waals surface area contributed by atoms with E-state index in [1.54, 1.807) is 25.3 Å². The van der Waals surface area contributed by atoms with E-state index in [9.17, 15) is 4.79 Å². The fourth-order valence-electron chi connectivity index (χ4n) is 2.27. The molecule has 0 saturated carbocycles. The SMILES string of the molecule is CCOc1cc(/C=N\NC(N)=O)ccc1OCCCOc1ccc(OC)cc1. The Bertz CT molecular complexity index is 778. The highest BCUT2D eigenvalue weighted by Gasteiger charge is 2.06. The lowest BCUT2D eigenvalue weighted by Gasteiger charge is -2.13. The third-order valence-electron chi connectivity index (χ3n) is 3.53. The summed E-state index contributed by atoms with van der Waals surface area (Å²) in [5, 5.41) is 3.73. The number of hydrogen-bond acceptors (Lipinski definition) is 6. The number of ether oxygens (including phenoxy) is 4. The third-order valence-corrected chi connectivity index (χ3v) is 3.53. The minimum absolute atomic E-state index is 0.479. The molecule has 0 aliphatic carbocycles. The summed E-state index contributed by atoms with van der Waals surface area (Å²) in [5.41, 5.74) is 7.85. The number of nitrogens with two attached hydrogens (primary N) is 1. The summed E-state index contributed by atoms with van der Waals surface area (Å²) >= 11 is 0. The summed E-state index contributed by atoms with van der Waals surface area (Å²) in [6.07, 6.45) is 2.18. The summed E-state index contributed by atoms with van der Waals surface area (Å²) in [6, 6.07) is 12.1. The van der Waals surface area contributed by atoms with Gasteiger partial charge in [-0.2, -0.15) is 5.10 Å². The van der Waals surface area contributed by atoms with Crippen LogP contribution in [-0.2, 0) is 0 Å². The molecular weight excluding hydrogens is 362 g/mol. The number of methoxy groups -OCH3 is 1. The highest BCUT2D eigenvalue weighted by Crippen LogP contribution is 2.28. The maximum atomic E-state index is 10.6. The van der Waals surface area contributed by atoms with Crippen LogP contribution in [0, 0.1) is 0 Å². The number of nitrogens with one attached hydrogen (secondary N) is 1. The van der Waals surface area contributed by atoms with Gasteiger partial charge in [0.2, 0.25) is 0 Å². The summed E-state index contributed by atoms with van der Waals surface area (Å²) in [5.74, 6) is 2.80. The van der Waals surface area contributed by atoms with Gasteiger partial charge in [0.15, 0.2) is 11.5 Å². The van der Waals surface area contributed by atoms with Crippen molar-refractivity contribution in [3.63, 3.8) is 0 Å². The largest absolute Gasteiger partial charge is 0.497 e. The Morgan fingerprint density at radius 3 is 2.43 bits per heavy atom. The monoisotopic (exact) mass is 387 g/mol. The van der Waals surface area contributed by atoms with Gasteiger partial charge in [-0.1, -0.05) is 0 Å². The third kappa shape index (κ3) is 7.06. The quantitative estimate of drug-likeness (QED) is 0.350. The number of carbonyl (C=O) groups is 1. The van der Waals surface area contributed by atoms with E-state index in [0.717, 1.165) is 17.1 Å². The van der Waals surface area contributed by atoms with Crippen LogP contribution in [0.15, 0.2) is 47.6 Å². The Balaban J connectivity index is 1.82. The second-order valence-corrected chi connectivity index (χ2v) is 5.60. The molecule has 0 aliphatic heterocycles. The number of primary amides is 1. The van der Waals surface area contributed by atoms with Gasteiger partial charge in [-0.05, 0) is 55.0 Å². The first-order valence-corrected chi connectivity index (χ1v) is 8.87. The van der Waals surface area contributed by atoms with Crippen molar-refractivity contribution in [3.8, 4) is 23.0 Å². The van der Waals surface area contributed by atoms with E-state index in [4.69, 9.17) is 24.7 Å². The second-order valence-electron chi connectivity index (χ2n) is 5.60. The van der Waals surface area contributed by atoms with Crippen molar-refractivity contribution in [2.75, 3.05) is 26.9 Å². The van der Waals surface area contributed by atoms with Gasteiger partial charge in [-0.15, -0.1) is 0 Å². The Hall–Kier alpha value is -3.42. The van der Waals surface area contributed by atoms with E-state index in [1.807, 2.05) is 31.2 Å². The van der Waals surface area contributed by atoms with Crippen LogP contribution in [0.25, 0.3) is 0 Å². The van der Waals surface area contributed by atoms with Gasteiger partial charge in [0, 0.05) is 6.42 Å². The Labute approximate surface area is 164 Å². The molecular formula is C20H25N3O5. The Morgan fingerprint density at radius 2 is 1.75 bits per heavy atom. The van der Waals surface area contributed by atoms with E-state index >= 15 is 0 Å². The van der Waals surface area contributed by atoms with E-state index in [2.05, 4.69) is 10.5 Å². The average molecular weight is 387 g/mol. The van der Waals surface area contributed by atoms with Crippen LogP contribution in [0.2, 0.25) is 0 Å². The zero-order valence-corrected chi connectivity index (χ0v) is 16.0. The zero-order valence-electron chi connectivity index (χ0n) is 16.0. The van der Waals surface area contributed by atoms with Gasteiger partial charge in [-0.3, -0.25) is 0 Å². The van der Waals surface area contributed by atoms with E-state index in [0.29, 0.717) is 37.7 Å². The molecule has 0 spiro atoms. The van der Waals surface area contributed by atoms with Crippen LogP contribution in [0.4, 0.5) is 4.79 Å². The molecule has 2 rings (SSSR count). The van der Waals surface area contributed by atoms with Gasteiger partial charge in [-0.25, -0.2) is 10.2 Å². The minimum Gasteiger partial charge on any atom is -0.497 e. The van der Waals surface area contributed by atoms with E-state index < -0.39 is 6.03 Å². The first-order chi connectivity index (χ1) is 13.6. The molecule has 28 heavy (non-hydrogen) atoms. The highest BCUT2D eigenvalue weighted by atomic mass is 16.5. The molecule has 0 fully saturated rings. The molecule has 0 saturated heterocycles. The maximum Gasteiger partial charge on any atom is 0.332 e. The number of hydrazone groups is 1. The first kappa shape index (κ1) is 20.9. The molecule has 0 aromatic heterocycles. The molecule has 0 aliphatic rings. The predicted octanol–water partition coefficient (Wildman–Crippen LogP) is 2.94. The van der Waals surface area contributed by atoms with Crippen LogP contribution >= 0.6 is 0 Å². The number of benzene rings is 2. The summed E-state index contributed by atoms with van der Waals surface area (Å²) in [6.45, 7) is 3.39. The molecule has 0 unspecified atom stereocenters. The van der Waals surface area contributed by atoms with Crippen molar-refractivity contribution in [2.24, 2.45) is 10.8 Å². The van der Waals surface area contributed by atoms with Crippen LogP contribution in [0.5, 0.6) is 23.0 Å². The van der Waals surface area contributed by atoms with Gasteiger partial charge >= 0.3 is 6.03 Å². The van der Waals surface area contributed by atoms with Crippen molar-refractivity contribution >= 4 is 12.2 Å². The molecule has 3 N–H and O–H groups in total. The van der Waals surface area contributed by atoms with Crippen molar-refractivity contribution in [1.82, 2.24) is 5.43 Å². The number of rotatable bonds is 11. The molecule has 2 aromatic carbocycles. The molecule has 0 atom stereocenters. The van der Waals surface area contributed by atoms with Crippen molar-refractivity contribution in [3.05, 3.63) is 48.0 Å². The molecule has 8 nitrogen and oxygen atoms in total. The predicted molar refractivity (Wildman–Crippen MR) is 107 cm³/mol. The fraction of sp³-hybridized carbons (Fsp3) is 0.300. The van der Waals surface area contributed by atoms with E-state index in [1.165, 1.54) is 6.21 Å². The lowest BCUT2D eigenvalue weighted by molar-refractivity contribution is 0.236. The van der Waals surface area contributed by atoms with Crippen molar-refractivity contribution in [2.45, 2.75) is 13.3 Å². The molecule has 2 aromatic rings. The molecule has 0 bridgehead atoms.